The molecule has 0 saturated heterocycles. The van der Waals surface area contributed by atoms with E-state index in [1.807, 2.05) is 30.3 Å². The summed E-state index contributed by atoms with van der Waals surface area (Å²) >= 11 is 0. The number of methoxy groups -OCH3 is 1. The molecule has 0 amide bonds. The van der Waals surface area contributed by atoms with E-state index in [2.05, 4.69) is 5.16 Å². The highest BCUT2D eigenvalue weighted by Crippen LogP contribution is 2.22. The van der Waals surface area contributed by atoms with E-state index in [1.54, 1.807) is 21.0 Å². The Hall–Kier alpha value is -1.88. The van der Waals surface area contributed by atoms with E-state index in [0.717, 1.165) is 5.56 Å². The molecule has 1 N–H and O–H groups in total. The highest BCUT2D eigenvalue weighted by atomic mass is 16.5. The van der Waals surface area contributed by atoms with Crippen molar-refractivity contribution in [2.45, 2.75) is 38.9 Å². The predicted molar refractivity (Wildman–Crippen MR) is 75.9 cm³/mol. The van der Waals surface area contributed by atoms with Gasteiger partial charge in [0, 0.05) is 13.5 Å². The van der Waals surface area contributed by atoms with Crippen LogP contribution in [0.25, 0.3) is 0 Å². The SMILES string of the molecule is COC(CCC(=NO)C(=O)OC(C)C)c1ccccc1. The number of carbonyl (C=O) groups is 1. The van der Waals surface area contributed by atoms with Gasteiger partial charge < -0.3 is 14.7 Å². The van der Waals surface area contributed by atoms with Crippen LogP contribution in [-0.4, -0.2) is 30.1 Å². The molecule has 1 aromatic rings. The summed E-state index contributed by atoms with van der Waals surface area (Å²) in [5.74, 6) is -0.592. The third-order valence-corrected chi connectivity index (χ3v) is 2.80. The topological polar surface area (TPSA) is 68.1 Å². The summed E-state index contributed by atoms with van der Waals surface area (Å²) in [5.41, 5.74) is 1.03. The van der Waals surface area contributed by atoms with Crippen molar-refractivity contribution in [3.8, 4) is 0 Å². The molecule has 0 bridgehead atoms. The van der Waals surface area contributed by atoms with Gasteiger partial charge in [-0.3, -0.25) is 0 Å². The third kappa shape index (κ3) is 5.01. The van der Waals surface area contributed by atoms with Gasteiger partial charge in [-0.2, -0.15) is 0 Å². The van der Waals surface area contributed by atoms with Crippen molar-refractivity contribution in [2.24, 2.45) is 5.16 Å². The molecule has 20 heavy (non-hydrogen) atoms. The molecule has 0 heterocycles. The van der Waals surface area contributed by atoms with E-state index in [9.17, 15) is 4.79 Å². The minimum Gasteiger partial charge on any atom is -0.458 e. The Kier molecular flexibility index (Phi) is 6.73. The Morgan fingerprint density at radius 3 is 2.45 bits per heavy atom. The number of nitrogens with zero attached hydrogens (tertiary/aromatic N) is 1. The van der Waals surface area contributed by atoms with Crippen molar-refractivity contribution in [3.05, 3.63) is 35.9 Å². The van der Waals surface area contributed by atoms with Gasteiger partial charge in [0.2, 0.25) is 0 Å². The fourth-order valence-corrected chi connectivity index (χ4v) is 1.83. The van der Waals surface area contributed by atoms with Crippen molar-refractivity contribution in [3.63, 3.8) is 0 Å². The third-order valence-electron chi connectivity index (χ3n) is 2.80. The van der Waals surface area contributed by atoms with Gasteiger partial charge >= 0.3 is 5.97 Å². The first kappa shape index (κ1) is 16.2. The summed E-state index contributed by atoms with van der Waals surface area (Å²) in [7, 11) is 1.61. The molecule has 0 aliphatic heterocycles. The average molecular weight is 279 g/mol. The van der Waals surface area contributed by atoms with Crippen LogP contribution in [0.4, 0.5) is 0 Å². The highest BCUT2D eigenvalue weighted by Gasteiger charge is 2.18. The second-order valence-electron chi connectivity index (χ2n) is 4.67. The molecule has 0 aromatic heterocycles. The molecule has 110 valence electrons. The fourth-order valence-electron chi connectivity index (χ4n) is 1.83. The zero-order valence-corrected chi connectivity index (χ0v) is 12.1. The summed E-state index contributed by atoms with van der Waals surface area (Å²) < 4.78 is 10.4. The number of hydrogen-bond acceptors (Lipinski definition) is 5. The van der Waals surface area contributed by atoms with Crippen LogP contribution in [0, 0.1) is 0 Å². The lowest BCUT2D eigenvalue weighted by Crippen LogP contribution is -2.22. The monoisotopic (exact) mass is 279 g/mol. The Labute approximate surface area is 119 Å². The number of oxime groups is 1. The molecule has 1 aromatic carbocycles. The zero-order valence-electron chi connectivity index (χ0n) is 12.1. The summed E-state index contributed by atoms with van der Waals surface area (Å²) in [6.45, 7) is 3.49. The van der Waals surface area contributed by atoms with Crippen LogP contribution >= 0.6 is 0 Å². The lowest BCUT2D eigenvalue weighted by Gasteiger charge is -2.16. The van der Waals surface area contributed by atoms with E-state index in [-0.39, 0.29) is 24.3 Å². The minimum absolute atomic E-state index is 0.0108. The van der Waals surface area contributed by atoms with Crippen molar-refractivity contribution in [1.82, 2.24) is 0 Å². The maximum atomic E-state index is 11.7. The van der Waals surface area contributed by atoms with Crippen LogP contribution in [0.1, 0.15) is 38.4 Å². The smallest absolute Gasteiger partial charge is 0.356 e. The number of ether oxygens (including phenoxy) is 2. The van der Waals surface area contributed by atoms with Gasteiger partial charge in [-0.05, 0) is 25.8 Å². The largest absolute Gasteiger partial charge is 0.458 e. The van der Waals surface area contributed by atoms with Crippen molar-refractivity contribution < 1.29 is 19.5 Å². The second-order valence-corrected chi connectivity index (χ2v) is 4.67. The van der Waals surface area contributed by atoms with Crippen molar-refractivity contribution in [2.75, 3.05) is 7.11 Å². The predicted octanol–water partition coefficient (Wildman–Crippen LogP) is 2.94. The number of esters is 1. The summed E-state index contributed by atoms with van der Waals surface area (Å²) in [6.07, 6.45) is 0.425. The Morgan fingerprint density at radius 1 is 1.30 bits per heavy atom. The van der Waals surface area contributed by atoms with Gasteiger partial charge in [-0.15, -0.1) is 0 Å². The molecule has 0 radical (unpaired) electrons. The van der Waals surface area contributed by atoms with E-state index in [1.165, 1.54) is 0 Å². The standard InChI is InChI=1S/C15H21NO4/c1-11(2)20-15(17)13(16-18)9-10-14(19-3)12-7-5-4-6-8-12/h4-8,11,14,18H,9-10H2,1-3H3. The van der Waals surface area contributed by atoms with Crippen LogP contribution in [0.3, 0.4) is 0 Å². The van der Waals surface area contributed by atoms with E-state index >= 15 is 0 Å². The number of benzene rings is 1. The van der Waals surface area contributed by atoms with Gasteiger partial charge in [0.15, 0.2) is 5.71 Å². The first-order valence-corrected chi connectivity index (χ1v) is 6.58. The molecule has 1 rings (SSSR count). The van der Waals surface area contributed by atoms with Gasteiger partial charge in [-0.25, -0.2) is 4.79 Å². The van der Waals surface area contributed by atoms with Gasteiger partial charge in [0.1, 0.15) is 0 Å². The quantitative estimate of drug-likeness (QED) is 0.360. The number of hydrogen-bond donors (Lipinski definition) is 1. The molecular weight excluding hydrogens is 258 g/mol. The zero-order chi connectivity index (χ0) is 15.0. The molecule has 0 fully saturated rings. The molecule has 0 aliphatic carbocycles. The Balaban J connectivity index is 2.61. The molecule has 1 unspecified atom stereocenters. The van der Waals surface area contributed by atoms with Gasteiger partial charge in [0.05, 0.1) is 12.2 Å². The molecule has 0 spiro atoms. The molecule has 5 heteroatoms. The summed E-state index contributed by atoms with van der Waals surface area (Å²) in [4.78, 5) is 11.7. The Morgan fingerprint density at radius 2 is 1.95 bits per heavy atom. The first-order chi connectivity index (χ1) is 9.58. The van der Waals surface area contributed by atoms with E-state index in [0.29, 0.717) is 6.42 Å². The van der Waals surface area contributed by atoms with E-state index < -0.39 is 5.97 Å². The highest BCUT2D eigenvalue weighted by molar-refractivity contribution is 6.36. The minimum atomic E-state index is -0.592. The average Bonchev–Trinajstić information content (AvgIpc) is 2.44. The second kappa shape index (κ2) is 8.32. The summed E-state index contributed by atoms with van der Waals surface area (Å²) in [5, 5.41) is 11.9. The molecule has 1 atom stereocenters. The fraction of sp³-hybridized carbons (Fsp3) is 0.467. The van der Waals surface area contributed by atoms with Crippen molar-refractivity contribution >= 4 is 11.7 Å². The van der Waals surface area contributed by atoms with Crippen LogP contribution in [0.2, 0.25) is 0 Å². The lowest BCUT2D eigenvalue weighted by atomic mass is 10.0. The maximum absolute atomic E-state index is 11.7. The van der Waals surface area contributed by atoms with Gasteiger partial charge in [-0.1, -0.05) is 35.5 Å². The summed E-state index contributed by atoms with van der Waals surface area (Å²) in [6, 6.07) is 9.69. The van der Waals surface area contributed by atoms with Crippen LogP contribution < -0.4 is 0 Å². The normalized spacial score (nSPS) is 13.3. The Bertz CT molecular complexity index is 442. The van der Waals surface area contributed by atoms with Crippen molar-refractivity contribution in [1.29, 1.82) is 0 Å². The molecular formula is C15H21NO4. The number of carbonyl (C=O) groups excluding carboxylic acids is 1. The van der Waals surface area contributed by atoms with E-state index in [4.69, 9.17) is 14.7 Å². The molecule has 0 aliphatic rings. The number of rotatable bonds is 7. The van der Waals surface area contributed by atoms with Crippen LogP contribution in [0.15, 0.2) is 35.5 Å². The van der Waals surface area contributed by atoms with Crippen LogP contribution in [-0.2, 0) is 14.3 Å². The molecule has 5 nitrogen and oxygen atoms in total. The lowest BCUT2D eigenvalue weighted by molar-refractivity contribution is -0.139. The first-order valence-electron chi connectivity index (χ1n) is 6.58. The van der Waals surface area contributed by atoms with Gasteiger partial charge in [0.25, 0.3) is 0 Å². The maximum Gasteiger partial charge on any atom is 0.356 e. The van der Waals surface area contributed by atoms with Crippen LogP contribution in [0.5, 0.6) is 0 Å². The molecule has 0 saturated carbocycles.